The predicted molar refractivity (Wildman–Crippen MR) is 78.1 cm³/mol. The molecule has 108 valence electrons. The van der Waals surface area contributed by atoms with Crippen molar-refractivity contribution >= 4 is 0 Å². The van der Waals surface area contributed by atoms with Crippen LogP contribution in [0, 0.1) is 11.8 Å². The Morgan fingerprint density at radius 2 is 1.79 bits per heavy atom. The van der Waals surface area contributed by atoms with E-state index in [0.717, 1.165) is 18.3 Å². The van der Waals surface area contributed by atoms with Crippen molar-refractivity contribution in [3.05, 3.63) is 18.5 Å². The molecule has 2 fully saturated rings. The van der Waals surface area contributed by atoms with Crippen molar-refractivity contribution in [3.8, 4) is 0 Å². The van der Waals surface area contributed by atoms with Crippen molar-refractivity contribution in [1.29, 1.82) is 0 Å². The third kappa shape index (κ3) is 2.33. The van der Waals surface area contributed by atoms with Crippen LogP contribution in [-0.4, -0.2) is 22.5 Å². The van der Waals surface area contributed by atoms with Gasteiger partial charge in [-0.3, -0.25) is 4.68 Å². The van der Waals surface area contributed by atoms with E-state index in [2.05, 4.69) is 29.8 Å². The standard InChI is InChI=1S/C15H24N2O.CH4/c1-12-7-14(17-6-4-5-16-17)8-13(2)10-15(9-12,11-14)18-3;/h4-6,12-13H,7-11H2,1-3H3;1H4. The molecule has 2 atom stereocenters. The van der Waals surface area contributed by atoms with Crippen LogP contribution < -0.4 is 0 Å². The number of fused-ring (bicyclic) bond motifs is 2. The lowest BCUT2D eigenvalue weighted by molar-refractivity contribution is -0.138. The van der Waals surface area contributed by atoms with Crippen molar-refractivity contribution in [2.75, 3.05) is 7.11 Å². The van der Waals surface area contributed by atoms with E-state index in [1.807, 2.05) is 19.4 Å². The van der Waals surface area contributed by atoms with E-state index < -0.39 is 0 Å². The van der Waals surface area contributed by atoms with Crippen LogP contribution in [0.25, 0.3) is 0 Å². The average molecular weight is 264 g/mol. The number of aromatic nitrogens is 2. The maximum absolute atomic E-state index is 5.97. The van der Waals surface area contributed by atoms with Crippen LogP contribution in [0.1, 0.15) is 53.4 Å². The summed E-state index contributed by atoms with van der Waals surface area (Å²) in [6.07, 6.45) is 10.1. The molecule has 3 rings (SSSR count). The smallest absolute Gasteiger partial charge is 0.0707 e. The van der Waals surface area contributed by atoms with Gasteiger partial charge in [0, 0.05) is 25.9 Å². The van der Waals surface area contributed by atoms with Gasteiger partial charge in [-0.1, -0.05) is 21.3 Å². The molecule has 2 unspecified atom stereocenters. The van der Waals surface area contributed by atoms with Crippen LogP contribution in [0.3, 0.4) is 0 Å². The van der Waals surface area contributed by atoms with Gasteiger partial charge in [-0.2, -0.15) is 5.10 Å². The second-order valence-corrected chi connectivity index (χ2v) is 6.77. The first kappa shape index (κ1) is 14.6. The fourth-order valence-corrected chi connectivity index (χ4v) is 4.82. The molecular weight excluding hydrogens is 236 g/mol. The van der Waals surface area contributed by atoms with Crippen molar-refractivity contribution in [2.45, 2.75) is 64.5 Å². The monoisotopic (exact) mass is 264 g/mol. The van der Waals surface area contributed by atoms with Crippen molar-refractivity contribution in [1.82, 2.24) is 9.78 Å². The summed E-state index contributed by atoms with van der Waals surface area (Å²) in [5.74, 6) is 1.44. The van der Waals surface area contributed by atoms with Gasteiger partial charge in [0.1, 0.15) is 0 Å². The number of ether oxygens (including phenoxy) is 1. The summed E-state index contributed by atoms with van der Waals surface area (Å²) in [6.45, 7) is 4.72. The fraction of sp³-hybridized carbons (Fsp3) is 0.812. The van der Waals surface area contributed by atoms with E-state index in [0.29, 0.717) is 0 Å². The van der Waals surface area contributed by atoms with E-state index in [9.17, 15) is 0 Å². The van der Waals surface area contributed by atoms with E-state index in [1.165, 1.54) is 25.7 Å². The predicted octanol–water partition coefficient (Wildman–Crippen LogP) is 3.85. The van der Waals surface area contributed by atoms with Crippen molar-refractivity contribution < 1.29 is 4.74 Å². The van der Waals surface area contributed by atoms with Crippen LogP contribution in [0.5, 0.6) is 0 Å². The Kier molecular flexibility index (Phi) is 3.78. The van der Waals surface area contributed by atoms with Crippen LogP contribution in [-0.2, 0) is 10.3 Å². The molecule has 0 aromatic carbocycles. The summed E-state index contributed by atoms with van der Waals surface area (Å²) < 4.78 is 8.19. The van der Waals surface area contributed by atoms with Gasteiger partial charge in [0.15, 0.2) is 0 Å². The van der Waals surface area contributed by atoms with E-state index in [4.69, 9.17) is 4.74 Å². The van der Waals surface area contributed by atoms with E-state index in [1.54, 1.807) is 0 Å². The molecule has 0 aliphatic heterocycles. The van der Waals surface area contributed by atoms with Crippen LogP contribution in [0.2, 0.25) is 0 Å². The zero-order chi connectivity index (χ0) is 12.8. The van der Waals surface area contributed by atoms with Crippen molar-refractivity contribution in [3.63, 3.8) is 0 Å². The number of hydrogen-bond donors (Lipinski definition) is 0. The largest absolute Gasteiger partial charge is 0.378 e. The number of nitrogens with zero attached hydrogens (tertiary/aromatic N) is 2. The van der Waals surface area contributed by atoms with Gasteiger partial charge in [0.2, 0.25) is 0 Å². The molecule has 2 bridgehead atoms. The van der Waals surface area contributed by atoms with Crippen LogP contribution >= 0.6 is 0 Å². The van der Waals surface area contributed by atoms with Gasteiger partial charge in [-0.15, -0.1) is 0 Å². The first-order chi connectivity index (χ1) is 8.57. The van der Waals surface area contributed by atoms with Gasteiger partial charge in [0.25, 0.3) is 0 Å². The second kappa shape index (κ2) is 4.93. The third-order valence-electron chi connectivity index (χ3n) is 4.97. The average Bonchev–Trinajstić information content (AvgIpc) is 2.80. The summed E-state index contributed by atoms with van der Waals surface area (Å²) in [4.78, 5) is 0. The van der Waals surface area contributed by atoms with Gasteiger partial charge in [0.05, 0.1) is 11.1 Å². The van der Waals surface area contributed by atoms with Crippen molar-refractivity contribution in [2.24, 2.45) is 11.8 Å². The Bertz CT molecular complexity index is 398. The molecule has 19 heavy (non-hydrogen) atoms. The normalized spacial score (nSPS) is 41.6. The molecule has 1 aromatic rings. The Balaban J connectivity index is 0.00000133. The SMILES string of the molecule is C.COC12CC(C)CC(n3cccn3)(CC(C)C1)C2. The number of hydrogen-bond acceptors (Lipinski definition) is 2. The summed E-state index contributed by atoms with van der Waals surface area (Å²) >= 11 is 0. The van der Waals surface area contributed by atoms with E-state index in [-0.39, 0.29) is 18.6 Å². The highest BCUT2D eigenvalue weighted by Gasteiger charge is 2.53. The number of methoxy groups -OCH3 is 1. The molecule has 1 aromatic heterocycles. The maximum atomic E-state index is 5.97. The molecule has 0 N–H and O–H groups in total. The molecule has 0 spiro atoms. The topological polar surface area (TPSA) is 27.1 Å². The highest BCUT2D eigenvalue weighted by Crippen LogP contribution is 2.54. The summed E-state index contributed by atoms with van der Waals surface area (Å²) in [7, 11) is 1.89. The quantitative estimate of drug-likeness (QED) is 0.811. The zero-order valence-electron chi connectivity index (χ0n) is 11.7. The Morgan fingerprint density at radius 1 is 1.16 bits per heavy atom. The minimum absolute atomic E-state index is 0. The molecule has 2 saturated carbocycles. The molecule has 0 amide bonds. The highest BCUT2D eigenvalue weighted by atomic mass is 16.5. The van der Waals surface area contributed by atoms with Gasteiger partial charge >= 0.3 is 0 Å². The summed E-state index contributed by atoms with van der Waals surface area (Å²) in [5.41, 5.74) is 0.274. The molecular formula is C16H28N2O. The lowest BCUT2D eigenvalue weighted by Gasteiger charge is -2.55. The molecule has 0 radical (unpaired) electrons. The minimum atomic E-state index is 0. The lowest BCUT2D eigenvalue weighted by atomic mass is 9.58. The first-order valence-corrected chi connectivity index (χ1v) is 7.13. The zero-order valence-corrected chi connectivity index (χ0v) is 11.7. The molecule has 3 nitrogen and oxygen atoms in total. The highest BCUT2D eigenvalue weighted by molar-refractivity contribution is 5.07. The van der Waals surface area contributed by atoms with Gasteiger partial charge < -0.3 is 4.74 Å². The summed E-state index contributed by atoms with van der Waals surface area (Å²) in [5, 5.41) is 4.55. The molecule has 2 aliphatic carbocycles. The van der Waals surface area contributed by atoms with Gasteiger partial charge in [-0.05, 0) is 43.6 Å². The molecule has 1 heterocycles. The van der Waals surface area contributed by atoms with Crippen LogP contribution in [0.4, 0.5) is 0 Å². The second-order valence-electron chi connectivity index (χ2n) is 6.77. The summed E-state index contributed by atoms with van der Waals surface area (Å²) in [6, 6.07) is 2.04. The van der Waals surface area contributed by atoms with E-state index >= 15 is 0 Å². The Hall–Kier alpha value is -0.830. The van der Waals surface area contributed by atoms with Crippen LogP contribution in [0.15, 0.2) is 18.5 Å². The fourth-order valence-electron chi connectivity index (χ4n) is 4.82. The lowest BCUT2D eigenvalue weighted by Crippen LogP contribution is -2.56. The molecule has 2 aliphatic rings. The Morgan fingerprint density at radius 3 is 2.26 bits per heavy atom. The molecule has 0 saturated heterocycles. The minimum Gasteiger partial charge on any atom is -0.378 e. The molecule has 3 heteroatoms. The maximum Gasteiger partial charge on any atom is 0.0707 e. The first-order valence-electron chi connectivity index (χ1n) is 7.13. The Labute approximate surface area is 117 Å². The number of rotatable bonds is 2. The van der Waals surface area contributed by atoms with Gasteiger partial charge in [-0.25, -0.2) is 0 Å². The third-order valence-corrected chi connectivity index (χ3v) is 4.97.